The zero-order valence-corrected chi connectivity index (χ0v) is 12.5. The van der Waals surface area contributed by atoms with Gasteiger partial charge in [0.2, 0.25) is 11.8 Å². The fraction of sp³-hybridized carbons (Fsp3) is 0.500. The van der Waals surface area contributed by atoms with Crippen molar-refractivity contribution >= 4 is 17.9 Å². The van der Waals surface area contributed by atoms with Crippen LogP contribution in [0.1, 0.15) is 32.4 Å². The number of nitrogens with one attached hydrogen (secondary N) is 1. The standard InChI is InChI=1S/C16H22N2O3/c1-12(2)16(20)18-9-7-13(8-10-18)17-15(19)6-5-14-4-3-11-21-14/h3-6,11-13H,7-10H2,1-2H3,(H,17,19). The van der Waals surface area contributed by atoms with Crippen LogP contribution in [0.25, 0.3) is 6.08 Å². The summed E-state index contributed by atoms with van der Waals surface area (Å²) in [5.41, 5.74) is 0. The number of hydrogen-bond donors (Lipinski definition) is 1. The molecule has 2 amide bonds. The maximum atomic E-state index is 11.9. The lowest BCUT2D eigenvalue weighted by Gasteiger charge is -2.33. The van der Waals surface area contributed by atoms with E-state index >= 15 is 0 Å². The van der Waals surface area contributed by atoms with Gasteiger partial charge in [0, 0.05) is 31.1 Å². The van der Waals surface area contributed by atoms with Gasteiger partial charge in [-0.1, -0.05) is 13.8 Å². The number of carbonyl (C=O) groups excluding carboxylic acids is 2. The Morgan fingerprint density at radius 1 is 1.38 bits per heavy atom. The maximum absolute atomic E-state index is 11.9. The molecule has 1 aliphatic heterocycles. The minimum atomic E-state index is -0.125. The predicted molar refractivity (Wildman–Crippen MR) is 80.3 cm³/mol. The molecule has 1 fully saturated rings. The van der Waals surface area contributed by atoms with Crippen molar-refractivity contribution in [3.05, 3.63) is 30.2 Å². The molecular weight excluding hydrogens is 268 g/mol. The van der Waals surface area contributed by atoms with Crippen molar-refractivity contribution in [2.24, 2.45) is 5.92 Å². The molecule has 0 aromatic carbocycles. The second kappa shape index (κ2) is 7.11. The number of likely N-dealkylation sites (tertiary alicyclic amines) is 1. The molecule has 21 heavy (non-hydrogen) atoms. The predicted octanol–water partition coefficient (Wildman–Crippen LogP) is 2.06. The molecule has 0 unspecified atom stereocenters. The first kappa shape index (κ1) is 15.4. The van der Waals surface area contributed by atoms with E-state index < -0.39 is 0 Å². The first-order chi connectivity index (χ1) is 10.1. The lowest BCUT2D eigenvalue weighted by Crippen LogP contribution is -2.47. The largest absolute Gasteiger partial charge is 0.465 e. The summed E-state index contributed by atoms with van der Waals surface area (Å²) >= 11 is 0. The highest BCUT2D eigenvalue weighted by molar-refractivity contribution is 5.91. The SMILES string of the molecule is CC(C)C(=O)N1CCC(NC(=O)C=Cc2ccco2)CC1. The van der Waals surface area contributed by atoms with Crippen LogP contribution in [0.4, 0.5) is 0 Å². The van der Waals surface area contributed by atoms with E-state index in [1.165, 1.54) is 6.08 Å². The third-order valence-corrected chi connectivity index (χ3v) is 3.59. The zero-order valence-electron chi connectivity index (χ0n) is 12.5. The van der Waals surface area contributed by atoms with Crippen molar-refractivity contribution in [3.63, 3.8) is 0 Å². The van der Waals surface area contributed by atoms with Crippen LogP contribution in [0.15, 0.2) is 28.9 Å². The molecule has 0 bridgehead atoms. The van der Waals surface area contributed by atoms with Gasteiger partial charge in [-0.05, 0) is 31.1 Å². The van der Waals surface area contributed by atoms with E-state index in [1.807, 2.05) is 18.7 Å². The molecule has 0 radical (unpaired) electrons. The number of carbonyl (C=O) groups is 2. The Kier molecular flexibility index (Phi) is 5.20. The van der Waals surface area contributed by atoms with Crippen LogP contribution >= 0.6 is 0 Å². The summed E-state index contributed by atoms with van der Waals surface area (Å²) in [6.45, 7) is 5.25. The van der Waals surface area contributed by atoms with Crippen molar-refractivity contribution in [1.29, 1.82) is 0 Å². The van der Waals surface area contributed by atoms with Crippen molar-refractivity contribution in [2.75, 3.05) is 13.1 Å². The summed E-state index contributed by atoms with van der Waals surface area (Å²) in [4.78, 5) is 25.6. The molecule has 5 heteroatoms. The Morgan fingerprint density at radius 2 is 2.10 bits per heavy atom. The molecule has 114 valence electrons. The number of rotatable bonds is 4. The summed E-state index contributed by atoms with van der Waals surface area (Å²) in [6.07, 6.45) is 6.30. The van der Waals surface area contributed by atoms with Crippen molar-refractivity contribution in [2.45, 2.75) is 32.7 Å². The Morgan fingerprint density at radius 3 is 2.67 bits per heavy atom. The molecule has 5 nitrogen and oxygen atoms in total. The highest BCUT2D eigenvalue weighted by atomic mass is 16.3. The summed E-state index contributed by atoms with van der Waals surface area (Å²) in [7, 11) is 0. The fourth-order valence-corrected chi connectivity index (χ4v) is 2.40. The average Bonchev–Trinajstić information content (AvgIpc) is 2.98. The van der Waals surface area contributed by atoms with Crippen LogP contribution in [0.5, 0.6) is 0 Å². The van der Waals surface area contributed by atoms with Gasteiger partial charge in [-0.2, -0.15) is 0 Å². The van der Waals surface area contributed by atoms with Gasteiger partial charge in [-0.15, -0.1) is 0 Å². The molecular formula is C16H22N2O3. The number of hydrogen-bond acceptors (Lipinski definition) is 3. The van der Waals surface area contributed by atoms with Crippen LogP contribution in [0, 0.1) is 5.92 Å². The average molecular weight is 290 g/mol. The van der Waals surface area contributed by atoms with E-state index in [0.29, 0.717) is 18.8 Å². The van der Waals surface area contributed by atoms with E-state index in [0.717, 1.165) is 12.8 Å². The molecule has 1 saturated heterocycles. The van der Waals surface area contributed by atoms with Gasteiger partial charge < -0.3 is 14.6 Å². The van der Waals surface area contributed by atoms with E-state index in [2.05, 4.69) is 5.32 Å². The third-order valence-electron chi connectivity index (χ3n) is 3.59. The van der Waals surface area contributed by atoms with Crippen LogP contribution in [0.3, 0.4) is 0 Å². The molecule has 0 aliphatic carbocycles. The van der Waals surface area contributed by atoms with Crippen LogP contribution in [0.2, 0.25) is 0 Å². The van der Waals surface area contributed by atoms with E-state index in [4.69, 9.17) is 4.42 Å². The maximum Gasteiger partial charge on any atom is 0.244 e. The zero-order chi connectivity index (χ0) is 15.2. The minimum Gasteiger partial charge on any atom is -0.465 e. The van der Waals surface area contributed by atoms with Crippen LogP contribution in [-0.2, 0) is 9.59 Å². The van der Waals surface area contributed by atoms with Gasteiger partial charge in [0.1, 0.15) is 5.76 Å². The molecule has 1 aromatic rings. The summed E-state index contributed by atoms with van der Waals surface area (Å²) in [6, 6.07) is 3.70. The number of nitrogens with zero attached hydrogens (tertiary/aromatic N) is 1. The second-order valence-corrected chi connectivity index (χ2v) is 5.61. The van der Waals surface area contributed by atoms with E-state index in [9.17, 15) is 9.59 Å². The van der Waals surface area contributed by atoms with Crippen LogP contribution in [-0.4, -0.2) is 35.8 Å². The van der Waals surface area contributed by atoms with Gasteiger partial charge in [0.05, 0.1) is 6.26 Å². The van der Waals surface area contributed by atoms with E-state index in [-0.39, 0.29) is 23.8 Å². The molecule has 2 heterocycles. The lowest BCUT2D eigenvalue weighted by molar-refractivity contribution is -0.135. The first-order valence-electron chi connectivity index (χ1n) is 7.37. The van der Waals surface area contributed by atoms with Crippen molar-refractivity contribution in [3.8, 4) is 0 Å². The monoisotopic (exact) mass is 290 g/mol. The van der Waals surface area contributed by atoms with E-state index in [1.54, 1.807) is 24.5 Å². The van der Waals surface area contributed by atoms with Crippen molar-refractivity contribution in [1.82, 2.24) is 10.2 Å². The highest BCUT2D eigenvalue weighted by Crippen LogP contribution is 2.13. The number of amides is 2. The normalized spacial score (nSPS) is 16.6. The molecule has 2 rings (SSSR count). The molecule has 1 N–H and O–H groups in total. The lowest BCUT2D eigenvalue weighted by atomic mass is 10.0. The minimum absolute atomic E-state index is 0.0346. The number of furan rings is 1. The molecule has 1 aromatic heterocycles. The van der Waals surface area contributed by atoms with Gasteiger partial charge in [-0.25, -0.2) is 0 Å². The van der Waals surface area contributed by atoms with Crippen LogP contribution < -0.4 is 5.32 Å². The van der Waals surface area contributed by atoms with Crippen molar-refractivity contribution < 1.29 is 14.0 Å². The summed E-state index contributed by atoms with van der Waals surface area (Å²) in [5, 5.41) is 2.96. The third kappa shape index (κ3) is 4.48. The molecule has 0 spiro atoms. The smallest absolute Gasteiger partial charge is 0.244 e. The molecule has 0 saturated carbocycles. The Labute approximate surface area is 125 Å². The first-order valence-corrected chi connectivity index (χ1v) is 7.37. The van der Waals surface area contributed by atoms with Gasteiger partial charge in [0.25, 0.3) is 0 Å². The number of piperidine rings is 1. The Hall–Kier alpha value is -2.04. The van der Waals surface area contributed by atoms with Gasteiger partial charge in [-0.3, -0.25) is 9.59 Å². The Bertz CT molecular complexity index is 498. The van der Waals surface area contributed by atoms with Gasteiger partial charge in [0.15, 0.2) is 0 Å². The Balaban J connectivity index is 1.75. The molecule has 1 aliphatic rings. The summed E-state index contributed by atoms with van der Waals surface area (Å²) in [5.74, 6) is 0.757. The fourth-order valence-electron chi connectivity index (χ4n) is 2.40. The topological polar surface area (TPSA) is 62.6 Å². The highest BCUT2D eigenvalue weighted by Gasteiger charge is 2.24. The van der Waals surface area contributed by atoms with Gasteiger partial charge >= 0.3 is 0 Å². The second-order valence-electron chi connectivity index (χ2n) is 5.61. The quantitative estimate of drug-likeness (QED) is 0.863. The summed E-state index contributed by atoms with van der Waals surface area (Å²) < 4.78 is 5.13. The molecule has 0 atom stereocenters.